The lowest BCUT2D eigenvalue weighted by atomic mass is 10.1. The maximum absolute atomic E-state index is 12.1. The normalized spacial score (nSPS) is 13.9. The summed E-state index contributed by atoms with van der Waals surface area (Å²) in [6.45, 7) is 6.99. The van der Waals surface area contributed by atoms with Crippen molar-refractivity contribution in [3.8, 4) is 0 Å². The molecule has 2 rings (SSSR count). The standard InChI is InChI=1S/C16H23N3O4/c1-4-22-7-8-23-11(3)15(20)17-10(2)12-5-6-13-14(9-12)19-16(21)18-13/h5-6,9-11H,4,7-8H2,1-3H3,(H,17,20)(H2,18,19,21)/t10-,11-/m1/s1. The zero-order valence-corrected chi connectivity index (χ0v) is 13.6. The molecule has 0 spiro atoms. The molecule has 0 aliphatic heterocycles. The summed E-state index contributed by atoms with van der Waals surface area (Å²) in [5, 5.41) is 2.90. The van der Waals surface area contributed by atoms with Crippen LogP contribution in [0.15, 0.2) is 23.0 Å². The maximum atomic E-state index is 12.1. The van der Waals surface area contributed by atoms with Crippen LogP contribution >= 0.6 is 0 Å². The van der Waals surface area contributed by atoms with E-state index in [1.165, 1.54) is 0 Å². The first-order valence-electron chi connectivity index (χ1n) is 7.73. The van der Waals surface area contributed by atoms with Gasteiger partial charge in [0.1, 0.15) is 6.10 Å². The Bertz CT molecular complexity index is 707. The van der Waals surface area contributed by atoms with Crippen molar-refractivity contribution in [2.24, 2.45) is 0 Å². The van der Waals surface area contributed by atoms with Crippen LogP contribution in [0.3, 0.4) is 0 Å². The average Bonchev–Trinajstić information content (AvgIpc) is 2.90. The number of carbonyl (C=O) groups excluding carboxylic acids is 1. The van der Waals surface area contributed by atoms with Crippen molar-refractivity contribution in [1.82, 2.24) is 15.3 Å². The lowest BCUT2D eigenvalue weighted by molar-refractivity contribution is -0.133. The first kappa shape index (κ1) is 17.2. The second-order valence-corrected chi connectivity index (χ2v) is 5.32. The number of hydrogen-bond donors (Lipinski definition) is 3. The van der Waals surface area contributed by atoms with Gasteiger partial charge < -0.3 is 24.8 Å². The zero-order valence-electron chi connectivity index (χ0n) is 13.6. The van der Waals surface area contributed by atoms with Crippen molar-refractivity contribution in [3.05, 3.63) is 34.2 Å². The second-order valence-electron chi connectivity index (χ2n) is 5.32. The molecule has 1 aromatic heterocycles. The monoisotopic (exact) mass is 321 g/mol. The Morgan fingerprint density at radius 3 is 2.70 bits per heavy atom. The smallest absolute Gasteiger partial charge is 0.323 e. The first-order valence-corrected chi connectivity index (χ1v) is 7.73. The minimum absolute atomic E-state index is 0.184. The topological polar surface area (TPSA) is 96.2 Å². The van der Waals surface area contributed by atoms with Gasteiger partial charge in [-0.3, -0.25) is 4.79 Å². The average molecular weight is 321 g/mol. The van der Waals surface area contributed by atoms with Gasteiger partial charge in [-0.05, 0) is 38.5 Å². The van der Waals surface area contributed by atoms with E-state index in [-0.39, 0.29) is 17.6 Å². The number of fused-ring (bicyclic) bond motifs is 1. The van der Waals surface area contributed by atoms with E-state index in [9.17, 15) is 9.59 Å². The van der Waals surface area contributed by atoms with Crippen molar-refractivity contribution < 1.29 is 14.3 Å². The summed E-state index contributed by atoms with van der Waals surface area (Å²) in [6.07, 6.45) is -0.547. The highest BCUT2D eigenvalue weighted by Crippen LogP contribution is 2.17. The molecule has 2 aromatic rings. The lowest BCUT2D eigenvalue weighted by Crippen LogP contribution is -2.36. The molecular formula is C16H23N3O4. The summed E-state index contributed by atoms with van der Waals surface area (Å²) in [6, 6.07) is 5.34. The molecule has 0 bridgehead atoms. The number of carbonyl (C=O) groups is 1. The van der Waals surface area contributed by atoms with Gasteiger partial charge in [-0.25, -0.2) is 4.79 Å². The van der Waals surface area contributed by atoms with Crippen LogP contribution in [0.4, 0.5) is 0 Å². The van der Waals surface area contributed by atoms with E-state index in [2.05, 4.69) is 15.3 Å². The number of aromatic amines is 2. The van der Waals surface area contributed by atoms with Crippen molar-refractivity contribution in [2.45, 2.75) is 32.9 Å². The molecule has 0 saturated carbocycles. The van der Waals surface area contributed by atoms with Gasteiger partial charge in [-0.1, -0.05) is 6.07 Å². The molecule has 23 heavy (non-hydrogen) atoms. The van der Waals surface area contributed by atoms with E-state index >= 15 is 0 Å². The number of aromatic nitrogens is 2. The highest BCUT2D eigenvalue weighted by Gasteiger charge is 2.17. The predicted molar refractivity (Wildman–Crippen MR) is 87.4 cm³/mol. The SMILES string of the molecule is CCOCCO[C@H](C)C(=O)N[C@H](C)c1ccc2[nH]c(=O)[nH]c2c1. The largest absolute Gasteiger partial charge is 0.379 e. The van der Waals surface area contributed by atoms with Crippen LogP contribution in [0.1, 0.15) is 32.4 Å². The van der Waals surface area contributed by atoms with E-state index in [1.54, 1.807) is 6.92 Å². The van der Waals surface area contributed by atoms with E-state index in [0.29, 0.717) is 19.8 Å². The number of benzene rings is 1. The Kier molecular flexibility index (Phi) is 5.95. The van der Waals surface area contributed by atoms with Gasteiger partial charge in [0.15, 0.2) is 0 Å². The fourth-order valence-electron chi connectivity index (χ4n) is 2.24. The van der Waals surface area contributed by atoms with Crippen LogP contribution in [0, 0.1) is 0 Å². The van der Waals surface area contributed by atoms with Gasteiger partial charge in [0.2, 0.25) is 5.91 Å². The van der Waals surface area contributed by atoms with Crippen LogP contribution in [0.2, 0.25) is 0 Å². The Hall–Kier alpha value is -2.12. The summed E-state index contributed by atoms with van der Waals surface area (Å²) in [4.78, 5) is 28.8. The molecule has 0 aliphatic carbocycles. The molecule has 1 heterocycles. The maximum Gasteiger partial charge on any atom is 0.323 e. The van der Waals surface area contributed by atoms with Crippen LogP contribution in [0.5, 0.6) is 0 Å². The third-order valence-electron chi connectivity index (χ3n) is 3.57. The molecule has 3 N–H and O–H groups in total. The van der Waals surface area contributed by atoms with E-state index in [1.807, 2.05) is 32.0 Å². The van der Waals surface area contributed by atoms with Gasteiger partial charge in [-0.15, -0.1) is 0 Å². The lowest BCUT2D eigenvalue weighted by Gasteiger charge is -2.18. The summed E-state index contributed by atoms with van der Waals surface area (Å²) in [5.74, 6) is -0.184. The van der Waals surface area contributed by atoms with Gasteiger partial charge in [0.05, 0.1) is 30.3 Å². The molecule has 0 aliphatic rings. The van der Waals surface area contributed by atoms with Crippen molar-refractivity contribution >= 4 is 16.9 Å². The van der Waals surface area contributed by atoms with Gasteiger partial charge in [0.25, 0.3) is 0 Å². The highest BCUT2D eigenvalue weighted by molar-refractivity contribution is 5.81. The van der Waals surface area contributed by atoms with E-state index in [0.717, 1.165) is 16.6 Å². The first-order chi connectivity index (χ1) is 11.0. The fourth-order valence-corrected chi connectivity index (χ4v) is 2.24. The Balaban J connectivity index is 1.92. The third kappa shape index (κ3) is 4.67. The molecular weight excluding hydrogens is 298 g/mol. The number of nitrogens with one attached hydrogen (secondary N) is 3. The molecule has 0 saturated heterocycles. The van der Waals surface area contributed by atoms with Gasteiger partial charge in [-0.2, -0.15) is 0 Å². The molecule has 1 aromatic carbocycles. The molecule has 2 atom stereocenters. The predicted octanol–water partition coefficient (Wildman–Crippen LogP) is 1.47. The van der Waals surface area contributed by atoms with E-state index < -0.39 is 6.10 Å². The number of H-pyrrole nitrogens is 2. The van der Waals surface area contributed by atoms with Gasteiger partial charge >= 0.3 is 5.69 Å². The molecule has 126 valence electrons. The van der Waals surface area contributed by atoms with Crippen molar-refractivity contribution in [1.29, 1.82) is 0 Å². The van der Waals surface area contributed by atoms with Crippen LogP contribution in [-0.4, -0.2) is 41.8 Å². The van der Waals surface area contributed by atoms with Crippen molar-refractivity contribution in [2.75, 3.05) is 19.8 Å². The molecule has 1 amide bonds. The minimum Gasteiger partial charge on any atom is -0.379 e. The molecule has 7 heteroatoms. The number of hydrogen-bond acceptors (Lipinski definition) is 4. The number of ether oxygens (including phenoxy) is 2. The summed E-state index contributed by atoms with van der Waals surface area (Å²) < 4.78 is 10.6. The van der Waals surface area contributed by atoms with Crippen molar-refractivity contribution in [3.63, 3.8) is 0 Å². The Morgan fingerprint density at radius 2 is 1.96 bits per heavy atom. The second kappa shape index (κ2) is 7.94. The molecule has 7 nitrogen and oxygen atoms in total. The quantitative estimate of drug-likeness (QED) is 0.642. The minimum atomic E-state index is -0.547. The summed E-state index contributed by atoms with van der Waals surface area (Å²) >= 11 is 0. The number of amides is 1. The highest BCUT2D eigenvalue weighted by atomic mass is 16.5. The number of imidazole rings is 1. The fraction of sp³-hybridized carbons (Fsp3) is 0.500. The molecule has 0 radical (unpaired) electrons. The molecule has 0 unspecified atom stereocenters. The van der Waals surface area contributed by atoms with Crippen LogP contribution in [0.25, 0.3) is 11.0 Å². The number of rotatable bonds is 8. The van der Waals surface area contributed by atoms with E-state index in [4.69, 9.17) is 9.47 Å². The third-order valence-corrected chi connectivity index (χ3v) is 3.57. The van der Waals surface area contributed by atoms with Gasteiger partial charge in [0, 0.05) is 6.61 Å². The zero-order chi connectivity index (χ0) is 16.8. The van der Waals surface area contributed by atoms with Crippen LogP contribution < -0.4 is 11.0 Å². The van der Waals surface area contributed by atoms with Crippen LogP contribution in [-0.2, 0) is 14.3 Å². The summed E-state index contributed by atoms with van der Waals surface area (Å²) in [5.41, 5.74) is 2.12. The Labute approximate surface area is 134 Å². The Morgan fingerprint density at radius 1 is 1.22 bits per heavy atom. The molecule has 0 fully saturated rings. The summed E-state index contributed by atoms with van der Waals surface area (Å²) in [7, 11) is 0.